The molecule has 0 saturated heterocycles. The van der Waals surface area contributed by atoms with Crippen molar-refractivity contribution in [3.05, 3.63) is 29.8 Å². The van der Waals surface area contributed by atoms with E-state index >= 15 is 0 Å². The zero-order valence-corrected chi connectivity index (χ0v) is 7.65. The number of carbonyl (C=O) groups is 2. The molecule has 0 N–H and O–H groups in total. The van der Waals surface area contributed by atoms with Crippen LogP contribution in [0.2, 0.25) is 0 Å². The van der Waals surface area contributed by atoms with Crippen LogP contribution < -0.4 is 4.74 Å². The van der Waals surface area contributed by atoms with Gasteiger partial charge in [-0.15, -0.1) is 0 Å². The highest BCUT2D eigenvalue weighted by Gasteiger charge is 2.13. The summed E-state index contributed by atoms with van der Waals surface area (Å²) in [6.07, 6.45) is 0.196. The normalized spacial score (nSPS) is 9.50. The fourth-order valence-corrected chi connectivity index (χ4v) is 0.919. The lowest BCUT2D eigenvalue weighted by Crippen LogP contribution is -2.09. The van der Waals surface area contributed by atoms with Crippen molar-refractivity contribution in [1.82, 2.24) is 0 Å². The third-order valence-corrected chi connectivity index (χ3v) is 1.62. The maximum Gasteiger partial charge on any atom is 0.390 e. The molecule has 1 radical (unpaired) electrons. The van der Waals surface area contributed by atoms with E-state index in [-0.39, 0.29) is 17.7 Å². The number of carbonyl (C=O) groups excluding carboxylic acids is 2. The van der Waals surface area contributed by atoms with E-state index < -0.39 is 11.9 Å². The van der Waals surface area contributed by atoms with Crippen molar-refractivity contribution in [2.45, 2.75) is 13.3 Å². The van der Waals surface area contributed by atoms with Crippen LogP contribution in [0.3, 0.4) is 0 Å². The van der Waals surface area contributed by atoms with Gasteiger partial charge in [0.15, 0.2) is 0 Å². The summed E-state index contributed by atoms with van der Waals surface area (Å²) in [5.41, 5.74) is -0.116. The van der Waals surface area contributed by atoms with Gasteiger partial charge in [0.25, 0.3) is 0 Å². The molecular formula is C10H9O4. The zero-order chi connectivity index (χ0) is 10.6. The first-order valence-corrected chi connectivity index (χ1v) is 4.16. The van der Waals surface area contributed by atoms with E-state index in [4.69, 9.17) is 4.74 Å². The molecule has 0 aliphatic carbocycles. The van der Waals surface area contributed by atoms with Gasteiger partial charge in [-0.2, -0.15) is 0 Å². The average molecular weight is 193 g/mol. The predicted molar refractivity (Wildman–Crippen MR) is 47.4 cm³/mol. The number of hydrogen-bond acceptors (Lipinski definition) is 3. The summed E-state index contributed by atoms with van der Waals surface area (Å²) in [5, 5.41) is 10.6. The first kappa shape index (κ1) is 10.2. The summed E-state index contributed by atoms with van der Waals surface area (Å²) in [7, 11) is 0. The second-order valence-electron chi connectivity index (χ2n) is 2.61. The molecule has 0 aliphatic heterocycles. The zero-order valence-electron chi connectivity index (χ0n) is 7.65. The van der Waals surface area contributed by atoms with Gasteiger partial charge >= 0.3 is 11.9 Å². The highest BCUT2D eigenvalue weighted by atomic mass is 16.5. The van der Waals surface area contributed by atoms with Crippen molar-refractivity contribution >= 4 is 11.9 Å². The SMILES string of the molecule is CCC(=O)Oc1ccccc1C([O])=O. The predicted octanol–water partition coefficient (Wildman–Crippen LogP) is 1.57. The van der Waals surface area contributed by atoms with Gasteiger partial charge < -0.3 is 4.74 Å². The number of esters is 1. The Labute approximate surface area is 81.1 Å². The minimum absolute atomic E-state index is 0.0272. The second kappa shape index (κ2) is 4.41. The standard InChI is InChI=1S/C10H9O4/c1-2-9(11)14-8-6-4-3-5-7(8)10(12)13/h3-6H,2H2,1H3. The van der Waals surface area contributed by atoms with Crippen LogP contribution in [0.1, 0.15) is 23.7 Å². The molecule has 1 aromatic carbocycles. The molecule has 0 aromatic heterocycles. The second-order valence-corrected chi connectivity index (χ2v) is 2.61. The molecule has 0 bridgehead atoms. The molecular weight excluding hydrogens is 184 g/mol. The molecule has 0 heterocycles. The molecule has 0 atom stereocenters. The van der Waals surface area contributed by atoms with Gasteiger partial charge in [0.05, 0.1) is 0 Å². The Hall–Kier alpha value is -1.84. The van der Waals surface area contributed by atoms with E-state index in [1.165, 1.54) is 18.2 Å². The summed E-state index contributed by atoms with van der Waals surface area (Å²) >= 11 is 0. The number of rotatable bonds is 3. The van der Waals surface area contributed by atoms with Crippen LogP contribution in [0, 0.1) is 0 Å². The molecule has 1 rings (SSSR count). The van der Waals surface area contributed by atoms with E-state index in [2.05, 4.69) is 0 Å². The molecule has 4 heteroatoms. The lowest BCUT2D eigenvalue weighted by molar-refractivity contribution is -0.134. The van der Waals surface area contributed by atoms with E-state index in [1.807, 2.05) is 0 Å². The maximum absolute atomic E-state index is 10.9. The third-order valence-electron chi connectivity index (χ3n) is 1.62. The van der Waals surface area contributed by atoms with Crippen LogP contribution in [0.15, 0.2) is 24.3 Å². The van der Waals surface area contributed by atoms with Crippen LogP contribution >= 0.6 is 0 Å². The molecule has 0 aliphatic rings. The maximum atomic E-state index is 10.9. The largest absolute Gasteiger partial charge is 0.426 e. The van der Waals surface area contributed by atoms with Crippen LogP contribution in [0.4, 0.5) is 0 Å². The lowest BCUT2D eigenvalue weighted by atomic mass is 10.2. The quantitative estimate of drug-likeness (QED) is 0.540. The molecule has 4 nitrogen and oxygen atoms in total. The van der Waals surface area contributed by atoms with E-state index in [0.717, 1.165) is 0 Å². The average Bonchev–Trinajstić information content (AvgIpc) is 2.18. The van der Waals surface area contributed by atoms with Crippen LogP contribution in [0.5, 0.6) is 5.75 Å². The van der Waals surface area contributed by atoms with E-state index in [9.17, 15) is 14.7 Å². The minimum atomic E-state index is -1.36. The van der Waals surface area contributed by atoms with E-state index in [1.54, 1.807) is 13.0 Å². The van der Waals surface area contributed by atoms with Gasteiger partial charge in [-0.1, -0.05) is 19.1 Å². The minimum Gasteiger partial charge on any atom is -0.426 e. The van der Waals surface area contributed by atoms with Gasteiger partial charge in [0.1, 0.15) is 11.3 Å². The number of hydrogen-bond donors (Lipinski definition) is 0. The Bertz CT molecular complexity index is 357. The molecule has 0 spiro atoms. The van der Waals surface area contributed by atoms with Crippen molar-refractivity contribution < 1.29 is 19.4 Å². The Kier molecular flexibility index (Phi) is 3.23. The molecule has 0 fully saturated rings. The Morgan fingerprint density at radius 3 is 2.50 bits per heavy atom. The number of ether oxygens (including phenoxy) is 1. The summed E-state index contributed by atoms with van der Waals surface area (Å²) in [6.45, 7) is 1.63. The first-order chi connectivity index (χ1) is 6.65. The van der Waals surface area contributed by atoms with Gasteiger partial charge in [-0.3, -0.25) is 4.79 Å². The molecule has 0 unspecified atom stereocenters. The number of benzene rings is 1. The van der Waals surface area contributed by atoms with Crippen molar-refractivity contribution in [2.24, 2.45) is 0 Å². The highest BCUT2D eigenvalue weighted by Crippen LogP contribution is 2.18. The first-order valence-electron chi connectivity index (χ1n) is 4.16. The number of para-hydroxylation sites is 1. The van der Waals surface area contributed by atoms with Crippen molar-refractivity contribution in [1.29, 1.82) is 0 Å². The van der Waals surface area contributed by atoms with Crippen LogP contribution in [-0.2, 0) is 9.90 Å². The molecule has 14 heavy (non-hydrogen) atoms. The van der Waals surface area contributed by atoms with Crippen LogP contribution in [0.25, 0.3) is 0 Å². The van der Waals surface area contributed by atoms with Gasteiger partial charge in [0.2, 0.25) is 0 Å². The Morgan fingerprint density at radius 2 is 1.93 bits per heavy atom. The van der Waals surface area contributed by atoms with Crippen molar-refractivity contribution in [3.63, 3.8) is 0 Å². The fourth-order valence-electron chi connectivity index (χ4n) is 0.919. The monoisotopic (exact) mass is 193 g/mol. The molecule has 0 amide bonds. The third kappa shape index (κ3) is 2.32. The lowest BCUT2D eigenvalue weighted by Gasteiger charge is -2.04. The fraction of sp³-hybridized carbons (Fsp3) is 0.200. The highest BCUT2D eigenvalue weighted by molar-refractivity contribution is 5.91. The van der Waals surface area contributed by atoms with Gasteiger partial charge in [-0.25, -0.2) is 9.90 Å². The Morgan fingerprint density at radius 1 is 1.29 bits per heavy atom. The van der Waals surface area contributed by atoms with Crippen molar-refractivity contribution in [2.75, 3.05) is 0 Å². The topological polar surface area (TPSA) is 63.3 Å². The summed E-state index contributed by atoms with van der Waals surface area (Å²) < 4.78 is 4.80. The summed E-state index contributed by atoms with van der Waals surface area (Å²) in [6, 6.07) is 5.87. The van der Waals surface area contributed by atoms with Gasteiger partial charge in [0, 0.05) is 6.42 Å². The molecule has 0 saturated carbocycles. The molecule has 73 valence electrons. The summed E-state index contributed by atoms with van der Waals surface area (Å²) in [5.74, 6) is -1.80. The molecule has 1 aromatic rings. The van der Waals surface area contributed by atoms with Crippen molar-refractivity contribution in [3.8, 4) is 5.75 Å². The summed E-state index contributed by atoms with van der Waals surface area (Å²) in [4.78, 5) is 21.5. The van der Waals surface area contributed by atoms with E-state index in [0.29, 0.717) is 0 Å². The smallest absolute Gasteiger partial charge is 0.390 e. The van der Waals surface area contributed by atoms with Gasteiger partial charge in [-0.05, 0) is 12.1 Å². The Balaban J connectivity index is 2.95. The van der Waals surface area contributed by atoms with Crippen LogP contribution in [-0.4, -0.2) is 11.9 Å².